The molecule has 0 aliphatic heterocycles. The Kier molecular flexibility index (Phi) is 6.12. The number of hydrogen-bond donors (Lipinski definition) is 0. The van der Waals surface area contributed by atoms with Gasteiger partial charge in [0.25, 0.3) is 0 Å². The molecule has 78 valence electrons. The number of rotatable bonds is 5. The first-order valence-corrected chi connectivity index (χ1v) is 6.00. The first kappa shape index (κ1) is 12.8. The monoisotopic (exact) mass is 230 g/mol. The van der Waals surface area contributed by atoms with Gasteiger partial charge in [-0.25, -0.2) is 9.36 Å². The van der Waals surface area contributed by atoms with Crippen LogP contribution in [0.15, 0.2) is 0 Å². The molecule has 0 aliphatic rings. The highest BCUT2D eigenvalue weighted by molar-refractivity contribution is 7.54. The Hall–Kier alpha value is -0.250. The SMILES string of the molecule is CCOP(=O)(CC)OC(=O)OCCl. The lowest BCUT2D eigenvalue weighted by atomic mass is 10.9. The van der Waals surface area contributed by atoms with Crippen LogP contribution in [-0.4, -0.2) is 25.0 Å². The van der Waals surface area contributed by atoms with E-state index in [0.29, 0.717) is 0 Å². The Morgan fingerprint density at radius 2 is 2.08 bits per heavy atom. The summed E-state index contributed by atoms with van der Waals surface area (Å²) in [6, 6.07) is -0.339. The third-order valence-corrected chi connectivity index (χ3v) is 3.06. The van der Waals surface area contributed by atoms with Crippen LogP contribution in [0, 0.1) is 0 Å². The summed E-state index contributed by atoms with van der Waals surface area (Å²) in [7, 11) is -3.32. The van der Waals surface area contributed by atoms with Crippen molar-refractivity contribution in [1.82, 2.24) is 0 Å². The molecular formula is C6H12ClO5P. The normalized spacial score (nSPS) is 14.7. The number of carbonyl (C=O) groups is 1. The average molecular weight is 231 g/mol. The number of halogens is 1. The zero-order valence-corrected chi connectivity index (χ0v) is 9.14. The van der Waals surface area contributed by atoms with E-state index in [4.69, 9.17) is 16.1 Å². The second-order valence-corrected chi connectivity index (χ2v) is 4.45. The summed E-state index contributed by atoms with van der Waals surface area (Å²) in [5, 5.41) is 0. The summed E-state index contributed by atoms with van der Waals surface area (Å²) in [4.78, 5) is 10.7. The molecule has 13 heavy (non-hydrogen) atoms. The van der Waals surface area contributed by atoms with Crippen molar-refractivity contribution in [3.63, 3.8) is 0 Å². The smallest absolute Gasteiger partial charge is 0.418 e. The van der Waals surface area contributed by atoms with E-state index in [9.17, 15) is 9.36 Å². The maximum atomic E-state index is 11.5. The molecule has 0 aliphatic carbocycles. The van der Waals surface area contributed by atoms with E-state index in [2.05, 4.69) is 9.26 Å². The maximum absolute atomic E-state index is 11.5. The minimum absolute atomic E-state index is 0.109. The molecule has 0 N–H and O–H groups in total. The molecule has 0 bridgehead atoms. The molecule has 0 amide bonds. The molecular weight excluding hydrogens is 218 g/mol. The van der Waals surface area contributed by atoms with Crippen LogP contribution in [0.2, 0.25) is 0 Å². The summed E-state index contributed by atoms with van der Waals surface area (Å²) in [6.07, 6.45) is -0.966. The van der Waals surface area contributed by atoms with E-state index in [1.54, 1.807) is 13.8 Å². The van der Waals surface area contributed by atoms with Crippen molar-refractivity contribution >= 4 is 25.4 Å². The second kappa shape index (κ2) is 6.24. The lowest BCUT2D eigenvalue weighted by Crippen LogP contribution is -2.07. The number of carbonyl (C=O) groups excluding carboxylic acids is 1. The molecule has 0 aromatic carbocycles. The van der Waals surface area contributed by atoms with Crippen molar-refractivity contribution in [2.24, 2.45) is 0 Å². The van der Waals surface area contributed by atoms with E-state index in [0.717, 1.165) is 0 Å². The summed E-state index contributed by atoms with van der Waals surface area (Å²) in [5.74, 6) is 0. The van der Waals surface area contributed by atoms with Gasteiger partial charge in [0.2, 0.25) is 0 Å². The fourth-order valence-corrected chi connectivity index (χ4v) is 1.69. The van der Waals surface area contributed by atoms with Crippen molar-refractivity contribution in [3.8, 4) is 0 Å². The van der Waals surface area contributed by atoms with Gasteiger partial charge in [0.15, 0.2) is 6.07 Å². The topological polar surface area (TPSA) is 61.8 Å². The highest BCUT2D eigenvalue weighted by atomic mass is 35.5. The van der Waals surface area contributed by atoms with E-state index in [-0.39, 0.29) is 18.8 Å². The van der Waals surface area contributed by atoms with Crippen molar-refractivity contribution in [2.75, 3.05) is 18.8 Å². The molecule has 0 fully saturated rings. The van der Waals surface area contributed by atoms with Gasteiger partial charge in [-0.05, 0) is 6.92 Å². The minimum atomic E-state index is -3.32. The van der Waals surface area contributed by atoms with E-state index in [1.807, 2.05) is 0 Å². The third-order valence-electron chi connectivity index (χ3n) is 1.10. The molecule has 0 heterocycles. The average Bonchev–Trinajstić information content (AvgIpc) is 2.05. The van der Waals surface area contributed by atoms with Crippen molar-refractivity contribution < 1.29 is 23.1 Å². The Balaban J connectivity index is 4.10. The van der Waals surface area contributed by atoms with Gasteiger partial charge in [0.1, 0.15) is 0 Å². The number of alkyl halides is 1. The lowest BCUT2D eigenvalue weighted by Gasteiger charge is -2.14. The van der Waals surface area contributed by atoms with E-state index < -0.39 is 13.8 Å². The van der Waals surface area contributed by atoms with Crippen molar-refractivity contribution in [3.05, 3.63) is 0 Å². The molecule has 0 aromatic rings. The molecule has 7 heteroatoms. The van der Waals surface area contributed by atoms with Gasteiger partial charge in [0.05, 0.1) is 12.8 Å². The largest absolute Gasteiger partial charge is 0.516 e. The molecule has 0 aromatic heterocycles. The second-order valence-electron chi connectivity index (χ2n) is 1.94. The minimum Gasteiger partial charge on any atom is -0.418 e. The van der Waals surface area contributed by atoms with Gasteiger partial charge in [-0.3, -0.25) is 4.52 Å². The predicted molar refractivity (Wildman–Crippen MR) is 48.1 cm³/mol. The van der Waals surface area contributed by atoms with Crippen LogP contribution in [0.25, 0.3) is 0 Å². The van der Waals surface area contributed by atoms with E-state index in [1.165, 1.54) is 0 Å². The Bertz CT molecular complexity index is 207. The van der Waals surface area contributed by atoms with Gasteiger partial charge in [0, 0.05) is 0 Å². The summed E-state index contributed by atoms with van der Waals surface area (Å²) < 4.78 is 25.0. The van der Waals surface area contributed by atoms with Crippen molar-refractivity contribution in [1.29, 1.82) is 0 Å². The third kappa shape index (κ3) is 5.13. The Morgan fingerprint density at radius 3 is 2.46 bits per heavy atom. The fraction of sp³-hybridized carbons (Fsp3) is 0.833. The Morgan fingerprint density at radius 1 is 1.46 bits per heavy atom. The fourth-order valence-electron chi connectivity index (χ4n) is 0.563. The lowest BCUT2D eigenvalue weighted by molar-refractivity contribution is 0.106. The highest BCUT2D eigenvalue weighted by Crippen LogP contribution is 2.47. The van der Waals surface area contributed by atoms with Crippen LogP contribution in [0.3, 0.4) is 0 Å². The van der Waals surface area contributed by atoms with Crippen LogP contribution < -0.4 is 0 Å². The van der Waals surface area contributed by atoms with Gasteiger partial charge < -0.3 is 9.26 Å². The molecule has 0 rings (SSSR count). The zero-order chi connectivity index (χ0) is 10.3. The standard InChI is InChI=1S/C6H12ClO5P/c1-3-11-13(9,4-2)12-6(8)10-5-7/h3-5H2,1-2H3. The molecule has 0 spiro atoms. The molecule has 0 radical (unpaired) electrons. The highest BCUT2D eigenvalue weighted by Gasteiger charge is 2.26. The van der Waals surface area contributed by atoms with Crippen LogP contribution in [0.5, 0.6) is 0 Å². The Labute approximate surface area is 81.8 Å². The van der Waals surface area contributed by atoms with Crippen LogP contribution in [0.1, 0.15) is 13.8 Å². The van der Waals surface area contributed by atoms with Gasteiger partial charge in [-0.1, -0.05) is 18.5 Å². The first-order valence-electron chi connectivity index (χ1n) is 3.74. The molecule has 0 saturated carbocycles. The quantitative estimate of drug-likeness (QED) is 0.413. The maximum Gasteiger partial charge on any atom is 0.516 e. The van der Waals surface area contributed by atoms with Gasteiger partial charge in [-0.2, -0.15) is 0 Å². The number of hydrogen-bond acceptors (Lipinski definition) is 5. The molecule has 1 unspecified atom stereocenters. The molecule has 5 nitrogen and oxygen atoms in total. The zero-order valence-electron chi connectivity index (χ0n) is 7.49. The van der Waals surface area contributed by atoms with Gasteiger partial charge >= 0.3 is 13.8 Å². The van der Waals surface area contributed by atoms with Gasteiger partial charge in [-0.15, -0.1) is 0 Å². The molecule has 0 saturated heterocycles. The summed E-state index contributed by atoms with van der Waals surface area (Å²) in [5.41, 5.74) is 0. The number of ether oxygens (including phenoxy) is 1. The summed E-state index contributed by atoms with van der Waals surface area (Å²) >= 11 is 5.09. The van der Waals surface area contributed by atoms with E-state index >= 15 is 0 Å². The van der Waals surface area contributed by atoms with Crippen LogP contribution >= 0.6 is 19.2 Å². The van der Waals surface area contributed by atoms with Crippen LogP contribution in [0.4, 0.5) is 4.79 Å². The van der Waals surface area contributed by atoms with Crippen LogP contribution in [-0.2, 0) is 18.3 Å². The molecule has 1 atom stereocenters. The first-order chi connectivity index (χ1) is 6.08. The predicted octanol–water partition coefficient (Wildman–Crippen LogP) is 2.59. The summed E-state index contributed by atoms with van der Waals surface area (Å²) in [6.45, 7) is 3.45. The van der Waals surface area contributed by atoms with Crippen molar-refractivity contribution in [2.45, 2.75) is 13.8 Å².